The van der Waals surface area contributed by atoms with E-state index in [2.05, 4.69) is 78.2 Å². The molecule has 0 radical (unpaired) electrons. The molecule has 2 N–H and O–H groups in total. The quantitative estimate of drug-likeness (QED) is 0.716. The van der Waals surface area contributed by atoms with E-state index in [-0.39, 0.29) is 0 Å². The van der Waals surface area contributed by atoms with E-state index >= 15 is 0 Å². The highest BCUT2D eigenvalue weighted by molar-refractivity contribution is 5.18. The average molecular weight is 268 g/mol. The van der Waals surface area contributed by atoms with Crippen molar-refractivity contribution in [3.8, 4) is 0 Å². The van der Waals surface area contributed by atoms with Crippen LogP contribution in [0.3, 0.4) is 0 Å². The van der Waals surface area contributed by atoms with Gasteiger partial charge in [-0.1, -0.05) is 60.7 Å². The van der Waals surface area contributed by atoms with Crippen molar-refractivity contribution >= 4 is 0 Å². The number of benzene rings is 2. The number of rotatable bonds is 8. The zero-order chi connectivity index (χ0) is 14.0. The van der Waals surface area contributed by atoms with Crippen LogP contribution in [0.4, 0.5) is 0 Å². The summed E-state index contributed by atoms with van der Waals surface area (Å²) < 4.78 is 0. The van der Waals surface area contributed by atoms with Crippen molar-refractivity contribution in [1.82, 2.24) is 10.6 Å². The van der Waals surface area contributed by atoms with Crippen molar-refractivity contribution in [2.45, 2.75) is 25.9 Å². The van der Waals surface area contributed by atoms with Crippen LogP contribution in [0.5, 0.6) is 0 Å². The third-order valence-electron chi connectivity index (χ3n) is 3.45. The van der Waals surface area contributed by atoms with Gasteiger partial charge in [-0.2, -0.15) is 0 Å². The highest BCUT2D eigenvalue weighted by Crippen LogP contribution is 2.10. The van der Waals surface area contributed by atoms with Crippen LogP contribution in [-0.2, 0) is 6.54 Å². The molecular weight excluding hydrogens is 244 g/mol. The van der Waals surface area contributed by atoms with Gasteiger partial charge >= 0.3 is 0 Å². The molecule has 20 heavy (non-hydrogen) atoms. The van der Waals surface area contributed by atoms with E-state index < -0.39 is 0 Å². The highest BCUT2D eigenvalue weighted by atomic mass is 14.9. The lowest BCUT2D eigenvalue weighted by atomic mass is 10.1. The summed E-state index contributed by atoms with van der Waals surface area (Å²) in [6.45, 7) is 5.25. The molecule has 0 aliphatic heterocycles. The van der Waals surface area contributed by atoms with Gasteiger partial charge in [-0.25, -0.2) is 0 Å². The lowest BCUT2D eigenvalue weighted by molar-refractivity contribution is 0.538. The predicted molar refractivity (Wildman–Crippen MR) is 85.6 cm³/mol. The van der Waals surface area contributed by atoms with Crippen molar-refractivity contribution < 1.29 is 0 Å². The Morgan fingerprint density at radius 3 is 2.20 bits per heavy atom. The minimum Gasteiger partial charge on any atom is -0.313 e. The molecule has 106 valence electrons. The number of hydrogen-bond donors (Lipinski definition) is 2. The smallest absolute Gasteiger partial charge is 0.0291 e. The minimum atomic E-state index is 0.422. The van der Waals surface area contributed by atoms with Gasteiger partial charge in [0.25, 0.3) is 0 Å². The van der Waals surface area contributed by atoms with Gasteiger partial charge in [0.05, 0.1) is 0 Å². The Hall–Kier alpha value is -1.64. The molecule has 2 aromatic rings. The second-order valence-corrected chi connectivity index (χ2v) is 5.10. The summed E-state index contributed by atoms with van der Waals surface area (Å²) in [6.07, 6.45) is 1.14. The maximum Gasteiger partial charge on any atom is 0.0291 e. The number of hydrogen-bond acceptors (Lipinski definition) is 2. The first kappa shape index (κ1) is 14.8. The van der Waals surface area contributed by atoms with Crippen LogP contribution in [0.2, 0.25) is 0 Å². The molecule has 0 aliphatic rings. The Balaban J connectivity index is 1.56. The summed E-state index contributed by atoms with van der Waals surface area (Å²) in [5.74, 6) is 0. The Bertz CT molecular complexity index is 467. The maximum atomic E-state index is 3.56. The molecule has 2 rings (SSSR count). The Morgan fingerprint density at radius 1 is 0.850 bits per heavy atom. The molecule has 0 fully saturated rings. The van der Waals surface area contributed by atoms with E-state index in [0.717, 1.165) is 26.1 Å². The Kier molecular flexibility index (Phi) is 6.28. The lowest BCUT2D eigenvalue weighted by Gasteiger charge is -2.14. The molecule has 0 amide bonds. The standard InChI is InChI=1S/C18H24N2/c1-16(18-11-6-3-7-12-18)20-14-8-13-19-15-17-9-4-2-5-10-17/h2-7,9-12,16,19-20H,8,13-15H2,1H3. The average Bonchev–Trinajstić information content (AvgIpc) is 2.52. The van der Waals surface area contributed by atoms with Crippen molar-refractivity contribution in [2.75, 3.05) is 13.1 Å². The highest BCUT2D eigenvalue weighted by Gasteiger charge is 2.02. The first-order valence-electron chi connectivity index (χ1n) is 7.39. The van der Waals surface area contributed by atoms with E-state index in [0.29, 0.717) is 6.04 Å². The summed E-state index contributed by atoms with van der Waals surface area (Å²) in [5.41, 5.74) is 2.70. The molecule has 2 nitrogen and oxygen atoms in total. The second-order valence-electron chi connectivity index (χ2n) is 5.10. The van der Waals surface area contributed by atoms with Crippen LogP contribution in [0.15, 0.2) is 60.7 Å². The van der Waals surface area contributed by atoms with Crippen LogP contribution in [0, 0.1) is 0 Å². The molecular formula is C18H24N2. The van der Waals surface area contributed by atoms with E-state index in [1.54, 1.807) is 0 Å². The molecule has 2 aromatic carbocycles. The molecule has 0 aliphatic carbocycles. The monoisotopic (exact) mass is 268 g/mol. The van der Waals surface area contributed by atoms with Gasteiger partial charge in [0.2, 0.25) is 0 Å². The van der Waals surface area contributed by atoms with Gasteiger partial charge in [-0.15, -0.1) is 0 Å². The molecule has 2 heteroatoms. The van der Waals surface area contributed by atoms with E-state index in [9.17, 15) is 0 Å². The third-order valence-corrected chi connectivity index (χ3v) is 3.45. The Labute approximate surface area is 122 Å². The molecule has 0 saturated heterocycles. The first-order chi connectivity index (χ1) is 9.86. The largest absolute Gasteiger partial charge is 0.313 e. The van der Waals surface area contributed by atoms with Crippen LogP contribution >= 0.6 is 0 Å². The van der Waals surface area contributed by atoms with Gasteiger partial charge in [-0.05, 0) is 37.6 Å². The van der Waals surface area contributed by atoms with E-state index in [4.69, 9.17) is 0 Å². The van der Waals surface area contributed by atoms with Crippen LogP contribution in [0.1, 0.15) is 30.5 Å². The fraction of sp³-hybridized carbons (Fsp3) is 0.333. The normalized spacial score (nSPS) is 12.2. The molecule has 0 bridgehead atoms. The molecule has 0 spiro atoms. The van der Waals surface area contributed by atoms with Gasteiger partial charge in [0, 0.05) is 12.6 Å². The zero-order valence-electron chi connectivity index (χ0n) is 12.2. The van der Waals surface area contributed by atoms with Crippen molar-refractivity contribution in [1.29, 1.82) is 0 Å². The summed E-state index contributed by atoms with van der Waals surface area (Å²) >= 11 is 0. The SMILES string of the molecule is CC(NCCCNCc1ccccc1)c1ccccc1. The first-order valence-corrected chi connectivity index (χ1v) is 7.39. The molecule has 1 unspecified atom stereocenters. The fourth-order valence-corrected chi connectivity index (χ4v) is 2.22. The molecule has 0 heterocycles. The van der Waals surface area contributed by atoms with Gasteiger partial charge < -0.3 is 10.6 Å². The zero-order valence-corrected chi connectivity index (χ0v) is 12.2. The van der Waals surface area contributed by atoms with Crippen LogP contribution < -0.4 is 10.6 Å². The van der Waals surface area contributed by atoms with Crippen molar-refractivity contribution in [3.05, 3.63) is 71.8 Å². The van der Waals surface area contributed by atoms with Gasteiger partial charge in [0.15, 0.2) is 0 Å². The van der Waals surface area contributed by atoms with Crippen LogP contribution in [-0.4, -0.2) is 13.1 Å². The number of nitrogens with one attached hydrogen (secondary N) is 2. The summed E-state index contributed by atoms with van der Waals surface area (Å²) in [5, 5.41) is 7.03. The summed E-state index contributed by atoms with van der Waals surface area (Å²) in [4.78, 5) is 0. The van der Waals surface area contributed by atoms with Gasteiger partial charge in [0.1, 0.15) is 0 Å². The summed E-state index contributed by atoms with van der Waals surface area (Å²) in [7, 11) is 0. The maximum absolute atomic E-state index is 3.56. The topological polar surface area (TPSA) is 24.1 Å². The predicted octanol–water partition coefficient (Wildman–Crippen LogP) is 3.52. The second kappa shape index (κ2) is 8.51. The molecule has 0 saturated carbocycles. The molecule has 1 atom stereocenters. The van der Waals surface area contributed by atoms with E-state index in [1.165, 1.54) is 11.1 Å². The Morgan fingerprint density at radius 2 is 1.50 bits per heavy atom. The fourth-order valence-electron chi connectivity index (χ4n) is 2.22. The summed E-state index contributed by atoms with van der Waals surface area (Å²) in [6, 6.07) is 21.5. The van der Waals surface area contributed by atoms with Crippen molar-refractivity contribution in [3.63, 3.8) is 0 Å². The van der Waals surface area contributed by atoms with E-state index in [1.807, 2.05) is 0 Å². The van der Waals surface area contributed by atoms with Crippen LogP contribution in [0.25, 0.3) is 0 Å². The minimum absolute atomic E-state index is 0.422. The molecule has 0 aromatic heterocycles. The third kappa shape index (κ3) is 5.16. The van der Waals surface area contributed by atoms with Gasteiger partial charge in [-0.3, -0.25) is 0 Å². The lowest BCUT2D eigenvalue weighted by Crippen LogP contribution is -2.24. The van der Waals surface area contributed by atoms with Crippen molar-refractivity contribution in [2.24, 2.45) is 0 Å².